The molecule has 0 saturated heterocycles. The number of fused-ring (bicyclic) bond motifs is 1. The third-order valence-corrected chi connectivity index (χ3v) is 5.47. The van der Waals surface area contributed by atoms with E-state index in [9.17, 15) is 4.79 Å². The zero-order chi connectivity index (χ0) is 22.8. The molecule has 6 nitrogen and oxygen atoms in total. The van der Waals surface area contributed by atoms with Crippen LogP contribution in [0.3, 0.4) is 0 Å². The molecule has 0 N–H and O–H groups in total. The molecule has 0 aliphatic heterocycles. The van der Waals surface area contributed by atoms with Crippen LogP contribution in [0.5, 0.6) is 5.75 Å². The third kappa shape index (κ3) is 4.15. The van der Waals surface area contributed by atoms with Crippen LogP contribution in [-0.2, 0) is 6.61 Å². The number of rotatable bonds is 6. The fraction of sp³-hybridized carbons (Fsp3) is 0.148. The number of aromatic nitrogens is 4. The second-order valence-electron chi connectivity index (χ2n) is 8.15. The minimum Gasteiger partial charge on any atom is -0.489 e. The molecule has 3 heterocycles. The van der Waals surface area contributed by atoms with Crippen molar-refractivity contribution in [1.29, 1.82) is 0 Å². The molecule has 0 spiro atoms. The zero-order valence-electron chi connectivity index (χ0n) is 18.6. The highest BCUT2D eigenvalue weighted by Crippen LogP contribution is 2.35. The number of pyridine rings is 1. The molecule has 0 aliphatic carbocycles. The molecule has 0 atom stereocenters. The summed E-state index contributed by atoms with van der Waals surface area (Å²) < 4.78 is 9.41. The molecular weight excluding hydrogens is 412 g/mol. The van der Waals surface area contributed by atoms with Crippen LogP contribution < -0.4 is 10.3 Å². The number of benzene rings is 2. The summed E-state index contributed by atoms with van der Waals surface area (Å²) in [5.41, 5.74) is 5.17. The van der Waals surface area contributed by atoms with Gasteiger partial charge in [0.05, 0.1) is 22.8 Å². The number of nitrogens with zero attached hydrogens (tertiary/aromatic N) is 4. The van der Waals surface area contributed by atoms with E-state index in [2.05, 4.69) is 5.10 Å². The molecule has 0 fully saturated rings. The summed E-state index contributed by atoms with van der Waals surface area (Å²) in [4.78, 5) is 12.3. The van der Waals surface area contributed by atoms with E-state index in [0.29, 0.717) is 12.3 Å². The van der Waals surface area contributed by atoms with Gasteiger partial charge in [-0.2, -0.15) is 10.2 Å². The molecule has 6 heteroatoms. The quantitative estimate of drug-likeness (QED) is 0.358. The number of ether oxygens (including phenoxy) is 1. The molecule has 0 unspecified atom stereocenters. The van der Waals surface area contributed by atoms with Gasteiger partial charge in [-0.25, -0.2) is 9.20 Å². The van der Waals surface area contributed by atoms with Crippen molar-refractivity contribution in [1.82, 2.24) is 19.4 Å². The molecule has 3 aromatic heterocycles. The maximum Gasteiger partial charge on any atom is 0.267 e. The standard InChI is InChI=1S/C27H24N4O2/c1-19(2)31-25(32)14-13-23(28-31)26-24-17-22(33-18-20-9-5-3-6-10-20)15-16-30(24)29-27(26)21-11-7-4-8-12-21/h3-17,19H,18H2,1-2H3. The van der Waals surface area contributed by atoms with Crippen molar-refractivity contribution in [3.8, 4) is 28.3 Å². The van der Waals surface area contributed by atoms with Gasteiger partial charge in [0.15, 0.2) is 0 Å². The second-order valence-corrected chi connectivity index (χ2v) is 8.15. The average Bonchev–Trinajstić information content (AvgIpc) is 3.23. The van der Waals surface area contributed by atoms with Crippen LogP contribution in [0.4, 0.5) is 0 Å². The van der Waals surface area contributed by atoms with Gasteiger partial charge in [-0.1, -0.05) is 60.7 Å². The Hall–Kier alpha value is -4.19. The van der Waals surface area contributed by atoms with Crippen LogP contribution in [0.1, 0.15) is 25.5 Å². The van der Waals surface area contributed by atoms with Gasteiger partial charge in [-0.3, -0.25) is 4.79 Å². The summed E-state index contributed by atoms with van der Waals surface area (Å²) >= 11 is 0. The predicted octanol–water partition coefficient (Wildman–Crippen LogP) is 5.38. The van der Waals surface area contributed by atoms with Crippen molar-refractivity contribution in [2.45, 2.75) is 26.5 Å². The van der Waals surface area contributed by atoms with Crippen molar-refractivity contribution in [3.05, 3.63) is 107 Å². The van der Waals surface area contributed by atoms with Gasteiger partial charge in [-0.15, -0.1) is 0 Å². The van der Waals surface area contributed by atoms with E-state index >= 15 is 0 Å². The van der Waals surface area contributed by atoms with Gasteiger partial charge in [0.25, 0.3) is 5.56 Å². The van der Waals surface area contributed by atoms with Crippen LogP contribution >= 0.6 is 0 Å². The third-order valence-electron chi connectivity index (χ3n) is 5.47. The first-order valence-corrected chi connectivity index (χ1v) is 10.9. The molecule has 0 aliphatic rings. The summed E-state index contributed by atoms with van der Waals surface area (Å²) in [5.74, 6) is 0.740. The van der Waals surface area contributed by atoms with E-state index < -0.39 is 0 Å². The Labute approximate surface area is 191 Å². The lowest BCUT2D eigenvalue weighted by Gasteiger charge is -2.11. The van der Waals surface area contributed by atoms with E-state index in [1.807, 2.05) is 97.4 Å². The first kappa shape index (κ1) is 20.7. The van der Waals surface area contributed by atoms with Crippen LogP contribution in [0.2, 0.25) is 0 Å². The van der Waals surface area contributed by atoms with E-state index in [1.165, 1.54) is 4.68 Å². The lowest BCUT2D eigenvalue weighted by atomic mass is 10.0. The Kier molecular flexibility index (Phi) is 5.48. The number of hydrogen-bond donors (Lipinski definition) is 0. The highest BCUT2D eigenvalue weighted by Gasteiger charge is 2.19. The second kappa shape index (κ2) is 8.74. The maximum atomic E-state index is 12.3. The molecule has 164 valence electrons. The number of hydrogen-bond acceptors (Lipinski definition) is 4. The van der Waals surface area contributed by atoms with E-state index in [-0.39, 0.29) is 11.6 Å². The van der Waals surface area contributed by atoms with E-state index in [1.54, 1.807) is 12.1 Å². The molecular formula is C27H24N4O2. The maximum absolute atomic E-state index is 12.3. The lowest BCUT2D eigenvalue weighted by Crippen LogP contribution is -2.23. The van der Waals surface area contributed by atoms with Crippen LogP contribution in [0.25, 0.3) is 28.0 Å². The van der Waals surface area contributed by atoms with E-state index in [0.717, 1.165) is 33.7 Å². The van der Waals surface area contributed by atoms with Crippen molar-refractivity contribution in [3.63, 3.8) is 0 Å². The van der Waals surface area contributed by atoms with Gasteiger partial charge >= 0.3 is 0 Å². The molecule has 5 rings (SSSR count). The normalized spacial score (nSPS) is 11.2. The molecule has 5 aromatic rings. The molecule has 0 bridgehead atoms. The Balaban J connectivity index is 1.65. The summed E-state index contributed by atoms with van der Waals surface area (Å²) in [6.45, 7) is 4.37. The minimum atomic E-state index is -0.127. The van der Waals surface area contributed by atoms with Crippen LogP contribution in [0.15, 0.2) is 95.9 Å². The Morgan fingerprint density at radius 2 is 1.61 bits per heavy atom. The summed E-state index contributed by atoms with van der Waals surface area (Å²) in [6.07, 6.45) is 1.89. The van der Waals surface area contributed by atoms with Crippen LogP contribution in [-0.4, -0.2) is 19.4 Å². The van der Waals surface area contributed by atoms with Crippen molar-refractivity contribution < 1.29 is 4.74 Å². The van der Waals surface area contributed by atoms with Crippen LogP contribution in [0, 0.1) is 0 Å². The Bertz CT molecular complexity index is 1450. The van der Waals surface area contributed by atoms with Crippen molar-refractivity contribution >= 4 is 5.52 Å². The summed E-state index contributed by atoms with van der Waals surface area (Å²) in [6, 6.07) is 27.2. The van der Waals surface area contributed by atoms with Gasteiger partial charge in [0.1, 0.15) is 18.1 Å². The first-order chi connectivity index (χ1) is 16.1. The van der Waals surface area contributed by atoms with Gasteiger partial charge < -0.3 is 4.74 Å². The Morgan fingerprint density at radius 1 is 0.879 bits per heavy atom. The molecule has 2 aromatic carbocycles. The van der Waals surface area contributed by atoms with Gasteiger partial charge in [0.2, 0.25) is 0 Å². The fourth-order valence-electron chi connectivity index (χ4n) is 3.84. The van der Waals surface area contributed by atoms with Gasteiger partial charge in [-0.05, 0) is 31.5 Å². The highest BCUT2D eigenvalue weighted by molar-refractivity contribution is 5.91. The topological polar surface area (TPSA) is 61.4 Å². The molecule has 0 amide bonds. The van der Waals surface area contributed by atoms with E-state index in [4.69, 9.17) is 9.84 Å². The zero-order valence-corrected chi connectivity index (χ0v) is 18.6. The Morgan fingerprint density at radius 3 is 2.33 bits per heavy atom. The first-order valence-electron chi connectivity index (χ1n) is 10.9. The molecule has 33 heavy (non-hydrogen) atoms. The van der Waals surface area contributed by atoms with Crippen molar-refractivity contribution in [2.75, 3.05) is 0 Å². The minimum absolute atomic E-state index is 0.0516. The smallest absolute Gasteiger partial charge is 0.267 e. The molecule has 0 radical (unpaired) electrons. The average molecular weight is 437 g/mol. The lowest BCUT2D eigenvalue weighted by molar-refractivity contribution is 0.306. The summed E-state index contributed by atoms with van der Waals surface area (Å²) in [7, 11) is 0. The largest absolute Gasteiger partial charge is 0.489 e. The van der Waals surface area contributed by atoms with Crippen molar-refractivity contribution in [2.24, 2.45) is 0 Å². The SMILES string of the molecule is CC(C)n1nc(-c2c(-c3ccccc3)nn3ccc(OCc4ccccc4)cc23)ccc1=O. The predicted molar refractivity (Wildman–Crippen MR) is 129 cm³/mol. The van der Waals surface area contributed by atoms with Gasteiger partial charge in [0, 0.05) is 23.9 Å². The monoisotopic (exact) mass is 436 g/mol. The fourth-order valence-corrected chi connectivity index (χ4v) is 3.84. The summed E-state index contributed by atoms with van der Waals surface area (Å²) in [5, 5.41) is 9.53. The highest BCUT2D eigenvalue weighted by atomic mass is 16.5. The molecule has 0 saturated carbocycles.